The molecule has 0 saturated carbocycles. The van der Waals surface area contributed by atoms with Crippen molar-refractivity contribution in [2.45, 2.75) is 37.1 Å². The van der Waals surface area contributed by atoms with Crippen LogP contribution < -0.4 is 10.1 Å². The topological polar surface area (TPSA) is 58.6 Å². The van der Waals surface area contributed by atoms with Crippen LogP contribution in [-0.2, 0) is 10.0 Å². The van der Waals surface area contributed by atoms with Gasteiger partial charge in [-0.25, -0.2) is 8.42 Å². The third kappa shape index (κ3) is 3.75. The van der Waals surface area contributed by atoms with Gasteiger partial charge < -0.3 is 10.1 Å². The molecule has 1 aromatic carbocycles. The Hall–Kier alpha value is -1.11. The fourth-order valence-corrected chi connectivity index (χ4v) is 4.47. The number of nitrogens with zero attached hydrogens (tertiary/aromatic N) is 1. The Morgan fingerprint density at radius 3 is 2.38 bits per heavy atom. The lowest BCUT2D eigenvalue weighted by atomic mass is 10.1. The van der Waals surface area contributed by atoms with Crippen LogP contribution >= 0.6 is 0 Å². The van der Waals surface area contributed by atoms with Crippen LogP contribution in [0.1, 0.15) is 26.2 Å². The number of hydrogen-bond acceptors (Lipinski definition) is 4. The maximum atomic E-state index is 12.9. The van der Waals surface area contributed by atoms with Crippen LogP contribution in [0, 0.1) is 0 Å². The van der Waals surface area contributed by atoms with Crippen molar-refractivity contribution in [1.29, 1.82) is 0 Å². The number of piperidine rings is 1. The predicted octanol–water partition coefficient (Wildman–Crippen LogP) is 1.85. The SMILES string of the molecule is CCCN(C1CCNCC1)S(=O)(=O)c1ccc(OC)cc1. The van der Waals surface area contributed by atoms with Gasteiger partial charge in [-0.2, -0.15) is 4.31 Å². The summed E-state index contributed by atoms with van der Waals surface area (Å²) in [6.45, 7) is 4.34. The van der Waals surface area contributed by atoms with E-state index in [9.17, 15) is 8.42 Å². The van der Waals surface area contributed by atoms with E-state index < -0.39 is 10.0 Å². The molecule has 1 heterocycles. The Morgan fingerprint density at radius 2 is 1.86 bits per heavy atom. The second kappa shape index (κ2) is 7.24. The van der Waals surface area contributed by atoms with Gasteiger partial charge in [-0.3, -0.25) is 0 Å². The van der Waals surface area contributed by atoms with Crippen molar-refractivity contribution in [3.8, 4) is 5.75 Å². The molecule has 1 aliphatic heterocycles. The number of methoxy groups -OCH3 is 1. The Labute approximate surface area is 127 Å². The van der Waals surface area contributed by atoms with Gasteiger partial charge in [-0.15, -0.1) is 0 Å². The van der Waals surface area contributed by atoms with Crippen LogP contribution in [-0.4, -0.2) is 45.5 Å². The number of ether oxygens (including phenoxy) is 1. The lowest BCUT2D eigenvalue weighted by molar-refractivity contribution is 0.262. The third-order valence-electron chi connectivity index (χ3n) is 3.83. The molecule has 21 heavy (non-hydrogen) atoms. The number of sulfonamides is 1. The molecular weight excluding hydrogens is 288 g/mol. The molecule has 2 rings (SSSR count). The summed E-state index contributed by atoms with van der Waals surface area (Å²) in [5.41, 5.74) is 0. The monoisotopic (exact) mass is 312 g/mol. The number of rotatable bonds is 6. The number of hydrogen-bond donors (Lipinski definition) is 1. The van der Waals surface area contributed by atoms with Gasteiger partial charge >= 0.3 is 0 Å². The molecular formula is C15H24N2O3S. The van der Waals surface area contributed by atoms with Gasteiger partial charge in [-0.05, 0) is 56.6 Å². The van der Waals surface area contributed by atoms with Crippen molar-refractivity contribution >= 4 is 10.0 Å². The van der Waals surface area contributed by atoms with E-state index in [0.29, 0.717) is 17.2 Å². The maximum absolute atomic E-state index is 12.9. The quantitative estimate of drug-likeness (QED) is 0.871. The molecule has 118 valence electrons. The average molecular weight is 312 g/mol. The molecule has 6 heteroatoms. The minimum atomic E-state index is -3.44. The molecule has 0 aliphatic carbocycles. The molecule has 0 radical (unpaired) electrons. The van der Waals surface area contributed by atoms with Gasteiger partial charge in [0, 0.05) is 12.6 Å². The van der Waals surface area contributed by atoms with Crippen LogP contribution in [0.5, 0.6) is 5.75 Å². The van der Waals surface area contributed by atoms with Gasteiger partial charge in [0.2, 0.25) is 10.0 Å². The van der Waals surface area contributed by atoms with E-state index in [1.807, 2.05) is 6.92 Å². The molecule has 0 aromatic heterocycles. The van der Waals surface area contributed by atoms with E-state index in [-0.39, 0.29) is 6.04 Å². The van der Waals surface area contributed by atoms with Crippen molar-refractivity contribution in [3.05, 3.63) is 24.3 Å². The van der Waals surface area contributed by atoms with E-state index in [4.69, 9.17) is 4.74 Å². The Balaban J connectivity index is 2.27. The molecule has 0 bridgehead atoms. The summed E-state index contributed by atoms with van der Waals surface area (Å²) in [6, 6.07) is 6.73. The van der Waals surface area contributed by atoms with Crippen molar-refractivity contribution in [2.24, 2.45) is 0 Å². The first kappa shape index (κ1) is 16.3. The summed E-state index contributed by atoms with van der Waals surface area (Å²) < 4.78 is 32.5. The summed E-state index contributed by atoms with van der Waals surface area (Å²) in [5.74, 6) is 0.665. The third-order valence-corrected chi connectivity index (χ3v) is 5.79. The molecule has 0 spiro atoms. The maximum Gasteiger partial charge on any atom is 0.243 e. The summed E-state index contributed by atoms with van der Waals surface area (Å²) in [6.07, 6.45) is 2.56. The first-order valence-corrected chi connectivity index (χ1v) is 8.90. The fraction of sp³-hybridized carbons (Fsp3) is 0.600. The van der Waals surface area contributed by atoms with Gasteiger partial charge in [0.05, 0.1) is 12.0 Å². The standard InChI is InChI=1S/C15H24N2O3S/c1-3-12-17(13-8-10-16-11-9-13)21(18,19)15-6-4-14(20-2)5-7-15/h4-7,13,16H,3,8-12H2,1-2H3. The van der Waals surface area contributed by atoms with Gasteiger partial charge in [0.25, 0.3) is 0 Å². The Bertz CT molecular complexity index is 537. The molecule has 1 saturated heterocycles. The van der Waals surface area contributed by atoms with Crippen molar-refractivity contribution in [1.82, 2.24) is 9.62 Å². The summed E-state index contributed by atoms with van der Waals surface area (Å²) in [4.78, 5) is 0.343. The van der Waals surface area contributed by atoms with Crippen molar-refractivity contribution in [3.63, 3.8) is 0 Å². The Morgan fingerprint density at radius 1 is 1.24 bits per heavy atom. The fourth-order valence-electron chi connectivity index (χ4n) is 2.70. The van der Waals surface area contributed by atoms with E-state index in [0.717, 1.165) is 32.4 Å². The zero-order valence-electron chi connectivity index (χ0n) is 12.7. The highest BCUT2D eigenvalue weighted by Gasteiger charge is 2.31. The largest absolute Gasteiger partial charge is 0.497 e. The zero-order chi connectivity index (χ0) is 15.3. The summed E-state index contributed by atoms with van der Waals surface area (Å²) in [7, 11) is -1.87. The Kier molecular flexibility index (Phi) is 5.61. The molecule has 1 fully saturated rings. The van der Waals surface area contributed by atoms with Crippen molar-refractivity contribution < 1.29 is 13.2 Å². The first-order chi connectivity index (χ1) is 10.1. The second-order valence-corrected chi connectivity index (χ2v) is 7.16. The van der Waals surface area contributed by atoms with E-state index in [2.05, 4.69) is 5.32 Å². The van der Waals surface area contributed by atoms with E-state index in [1.54, 1.807) is 35.7 Å². The molecule has 1 aliphatic rings. The second-order valence-electron chi connectivity index (χ2n) is 5.27. The smallest absolute Gasteiger partial charge is 0.243 e. The van der Waals surface area contributed by atoms with E-state index >= 15 is 0 Å². The van der Waals surface area contributed by atoms with Crippen LogP contribution in [0.4, 0.5) is 0 Å². The summed E-state index contributed by atoms with van der Waals surface area (Å²) in [5, 5.41) is 3.28. The lowest BCUT2D eigenvalue weighted by Gasteiger charge is -2.33. The molecule has 0 unspecified atom stereocenters. The minimum Gasteiger partial charge on any atom is -0.497 e. The first-order valence-electron chi connectivity index (χ1n) is 7.46. The van der Waals surface area contributed by atoms with Crippen LogP contribution in [0.25, 0.3) is 0 Å². The van der Waals surface area contributed by atoms with Gasteiger partial charge in [0.1, 0.15) is 5.75 Å². The van der Waals surface area contributed by atoms with Crippen LogP contribution in [0.3, 0.4) is 0 Å². The van der Waals surface area contributed by atoms with Crippen LogP contribution in [0.2, 0.25) is 0 Å². The van der Waals surface area contributed by atoms with Crippen molar-refractivity contribution in [2.75, 3.05) is 26.7 Å². The average Bonchev–Trinajstić information content (AvgIpc) is 2.53. The van der Waals surface area contributed by atoms with Gasteiger partial charge in [-0.1, -0.05) is 6.92 Å². The molecule has 0 atom stereocenters. The predicted molar refractivity (Wildman–Crippen MR) is 83.1 cm³/mol. The normalized spacial score (nSPS) is 17.1. The minimum absolute atomic E-state index is 0.0956. The highest BCUT2D eigenvalue weighted by atomic mass is 32.2. The highest BCUT2D eigenvalue weighted by Crippen LogP contribution is 2.24. The molecule has 0 amide bonds. The molecule has 1 N–H and O–H groups in total. The highest BCUT2D eigenvalue weighted by molar-refractivity contribution is 7.89. The molecule has 5 nitrogen and oxygen atoms in total. The molecule has 1 aromatic rings. The summed E-state index contributed by atoms with van der Waals surface area (Å²) >= 11 is 0. The van der Waals surface area contributed by atoms with Gasteiger partial charge in [0.15, 0.2) is 0 Å². The van der Waals surface area contributed by atoms with E-state index in [1.165, 1.54) is 0 Å². The van der Waals surface area contributed by atoms with Crippen LogP contribution in [0.15, 0.2) is 29.2 Å². The zero-order valence-corrected chi connectivity index (χ0v) is 13.5. The number of nitrogens with one attached hydrogen (secondary N) is 1. The lowest BCUT2D eigenvalue weighted by Crippen LogP contribution is -2.46. The number of benzene rings is 1.